The Hall–Kier alpha value is -2.02. The van der Waals surface area contributed by atoms with E-state index in [0.717, 1.165) is 12.0 Å². The SMILES string of the molecule is OCNN1C=CC1/C(=C\NCc1ccc(OCF)c(Cl)c1)CC=C1CC1. The number of hydrogen-bond donors (Lipinski definition) is 3. The highest BCUT2D eigenvalue weighted by Gasteiger charge is 2.24. The first kappa shape index (κ1) is 18.8. The minimum Gasteiger partial charge on any atom is -0.461 e. The lowest BCUT2D eigenvalue weighted by Crippen LogP contribution is -2.47. The number of hydrogen-bond acceptors (Lipinski definition) is 5. The molecule has 7 heteroatoms. The third-order valence-electron chi connectivity index (χ3n) is 4.33. The van der Waals surface area contributed by atoms with Crippen LogP contribution in [0.15, 0.2) is 53.9 Å². The van der Waals surface area contributed by atoms with Gasteiger partial charge in [-0.3, -0.25) is 0 Å². The maximum absolute atomic E-state index is 12.2. The van der Waals surface area contributed by atoms with Crippen LogP contribution in [0, 0.1) is 0 Å². The number of aliphatic hydroxyl groups excluding tert-OH is 1. The van der Waals surface area contributed by atoms with Gasteiger partial charge in [0.2, 0.25) is 6.86 Å². The van der Waals surface area contributed by atoms with E-state index in [1.807, 2.05) is 23.5 Å². The monoisotopic (exact) mass is 379 g/mol. The number of hydrazine groups is 1. The maximum Gasteiger partial charge on any atom is 0.228 e. The Morgan fingerprint density at radius 3 is 2.88 bits per heavy atom. The van der Waals surface area contributed by atoms with Crippen LogP contribution in [0.3, 0.4) is 0 Å². The quantitative estimate of drug-likeness (QED) is 0.430. The molecule has 140 valence electrons. The number of allylic oxidation sites excluding steroid dienone is 2. The van der Waals surface area contributed by atoms with E-state index < -0.39 is 6.86 Å². The van der Waals surface area contributed by atoms with E-state index in [0.29, 0.717) is 17.3 Å². The fourth-order valence-corrected chi connectivity index (χ4v) is 2.98. The Morgan fingerprint density at radius 2 is 2.27 bits per heavy atom. The second kappa shape index (κ2) is 9.07. The molecule has 1 heterocycles. The normalized spacial score (nSPS) is 18.6. The molecule has 1 aromatic carbocycles. The second-order valence-corrected chi connectivity index (χ2v) is 6.60. The predicted molar refractivity (Wildman–Crippen MR) is 99.9 cm³/mol. The van der Waals surface area contributed by atoms with Crippen molar-refractivity contribution in [3.05, 3.63) is 64.5 Å². The average molecular weight is 380 g/mol. The molecule has 1 saturated carbocycles. The number of benzene rings is 1. The lowest BCUT2D eigenvalue weighted by Gasteiger charge is -2.36. The van der Waals surface area contributed by atoms with Crippen LogP contribution < -0.4 is 15.5 Å². The van der Waals surface area contributed by atoms with Crippen molar-refractivity contribution >= 4 is 11.6 Å². The first-order chi connectivity index (χ1) is 12.7. The van der Waals surface area contributed by atoms with Gasteiger partial charge < -0.3 is 20.2 Å². The van der Waals surface area contributed by atoms with Crippen molar-refractivity contribution < 1.29 is 14.2 Å². The van der Waals surface area contributed by atoms with Gasteiger partial charge in [-0.2, -0.15) is 0 Å². The highest BCUT2D eigenvalue weighted by molar-refractivity contribution is 6.32. The van der Waals surface area contributed by atoms with Crippen molar-refractivity contribution in [2.75, 3.05) is 13.6 Å². The van der Waals surface area contributed by atoms with Gasteiger partial charge in [0.15, 0.2) is 0 Å². The number of nitrogens with one attached hydrogen (secondary N) is 2. The van der Waals surface area contributed by atoms with E-state index in [4.69, 9.17) is 21.4 Å². The standard InChI is InChI=1S/C19H23ClFN3O2/c20-17-9-15(4-6-19(17)26-12-21)10-22-11-16(5-3-14-1-2-14)18-7-8-24(18)23-13-25/h3-4,6-9,11,18,22-23,25H,1-2,5,10,12-13H2/b16-11-. The van der Waals surface area contributed by atoms with E-state index in [2.05, 4.69) is 22.9 Å². The predicted octanol–water partition coefficient (Wildman–Crippen LogP) is 3.38. The Bertz CT molecular complexity index is 715. The van der Waals surface area contributed by atoms with Gasteiger partial charge >= 0.3 is 0 Å². The molecule has 1 aliphatic carbocycles. The van der Waals surface area contributed by atoms with Crippen LogP contribution in [0.25, 0.3) is 0 Å². The van der Waals surface area contributed by atoms with Crippen molar-refractivity contribution in [3.63, 3.8) is 0 Å². The molecule has 1 aromatic rings. The summed E-state index contributed by atoms with van der Waals surface area (Å²) in [4.78, 5) is 0. The van der Waals surface area contributed by atoms with Gasteiger partial charge in [-0.15, -0.1) is 0 Å². The van der Waals surface area contributed by atoms with E-state index in [9.17, 15) is 4.39 Å². The Labute approximate surface area is 157 Å². The highest BCUT2D eigenvalue weighted by Crippen LogP contribution is 2.30. The summed E-state index contributed by atoms with van der Waals surface area (Å²) in [5.41, 5.74) is 6.58. The Morgan fingerprint density at radius 1 is 1.42 bits per heavy atom. The topological polar surface area (TPSA) is 56.8 Å². The second-order valence-electron chi connectivity index (χ2n) is 6.19. The molecule has 3 N–H and O–H groups in total. The molecular weight excluding hydrogens is 357 g/mol. The van der Waals surface area contributed by atoms with Crippen LogP contribution >= 0.6 is 11.6 Å². The largest absolute Gasteiger partial charge is 0.461 e. The molecule has 1 aliphatic heterocycles. The molecule has 2 aliphatic rings. The lowest BCUT2D eigenvalue weighted by atomic mass is 10.00. The molecule has 26 heavy (non-hydrogen) atoms. The molecular formula is C19H23ClFN3O2. The summed E-state index contributed by atoms with van der Waals surface area (Å²) in [7, 11) is 0. The lowest BCUT2D eigenvalue weighted by molar-refractivity contribution is 0.124. The maximum atomic E-state index is 12.2. The molecule has 3 rings (SSSR count). The summed E-state index contributed by atoms with van der Waals surface area (Å²) in [5.74, 6) is 0.343. The molecule has 1 fully saturated rings. The zero-order valence-electron chi connectivity index (χ0n) is 14.4. The summed E-state index contributed by atoms with van der Waals surface area (Å²) in [5, 5.41) is 14.7. The summed E-state index contributed by atoms with van der Waals surface area (Å²) in [6, 6.07) is 5.41. The van der Waals surface area contributed by atoms with Gasteiger partial charge in [-0.05, 0) is 54.8 Å². The van der Waals surface area contributed by atoms with Gasteiger partial charge in [0.25, 0.3) is 0 Å². The van der Waals surface area contributed by atoms with Crippen molar-refractivity contribution in [2.24, 2.45) is 0 Å². The molecule has 0 radical (unpaired) electrons. The minimum absolute atomic E-state index is 0.103. The number of alkyl halides is 1. The van der Waals surface area contributed by atoms with Gasteiger partial charge in [0, 0.05) is 12.7 Å². The van der Waals surface area contributed by atoms with Crippen LogP contribution in [0.1, 0.15) is 24.8 Å². The zero-order valence-corrected chi connectivity index (χ0v) is 15.2. The fourth-order valence-electron chi connectivity index (χ4n) is 2.73. The van der Waals surface area contributed by atoms with Crippen LogP contribution in [-0.4, -0.2) is 29.7 Å². The molecule has 0 saturated heterocycles. The molecule has 5 nitrogen and oxygen atoms in total. The molecule has 0 bridgehead atoms. The van der Waals surface area contributed by atoms with Crippen LogP contribution in [0.4, 0.5) is 4.39 Å². The van der Waals surface area contributed by atoms with E-state index in [-0.39, 0.29) is 12.8 Å². The van der Waals surface area contributed by atoms with Crippen LogP contribution in [0.5, 0.6) is 5.75 Å². The van der Waals surface area contributed by atoms with E-state index in [1.54, 1.807) is 12.1 Å². The van der Waals surface area contributed by atoms with Crippen LogP contribution in [0.2, 0.25) is 5.02 Å². The summed E-state index contributed by atoms with van der Waals surface area (Å²) < 4.78 is 17.1. The van der Waals surface area contributed by atoms with Gasteiger partial charge in [-0.25, -0.2) is 9.82 Å². The Balaban J connectivity index is 1.61. The number of rotatable bonds is 10. The van der Waals surface area contributed by atoms with Crippen molar-refractivity contribution in [1.29, 1.82) is 0 Å². The number of halogens is 2. The average Bonchev–Trinajstić information content (AvgIpc) is 3.43. The number of nitrogens with zero attached hydrogens (tertiary/aromatic N) is 1. The summed E-state index contributed by atoms with van der Waals surface area (Å²) in [6.07, 6.45) is 11.5. The van der Waals surface area contributed by atoms with Gasteiger partial charge in [-0.1, -0.05) is 29.3 Å². The molecule has 1 atom stereocenters. The van der Waals surface area contributed by atoms with E-state index >= 15 is 0 Å². The fraction of sp³-hybridized carbons (Fsp3) is 0.368. The molecule has 1 unspecified atom stereocenters. The third kappa shape index (κ3) is 5.00. The molecule has 0 amide bonds. The van der Waals surface area contributed by atoms with Crippen molar-refractivity contribution in [1.82, 2.24) is 15.8 Å². The zero-order chi connectivity index (χ0) is 18.4. The molecule has 0 spiro atoms. The van der Waals surface area contributed by atoms with Crippen molar-refractivity contribution in [3.8, 4) is 5.75 Å². The Kier molecular flexibility index (Phi) is 6.55. The van der Waals surface area contributed by atoms with Gasteiger partial charge in [0.05, 0.1) is 11.1 Å². The van der Waals surface area contributed by atoms with Crippen LogP contribution in [-0.2, 0) is 6.54 Å². The van der Waals surface area contributed by atoms with E-state index in [1.165, 1.54) is 24.0 Å². The smallest absolute Gasteiger partial charge is 0.228 e. The van der Waals surface area contributed by atoms with Gasteiger partial charge in [0.1, 0.15) is 12.5 Å². The third-order valence-corrected chi connectivity index (χ3v) is 4.62. The summed E-state index contributed by atoms with van der Waals surface area (Å²) in [6.45, 7) is -0.403. The minimum atomic E-state index is -0.897. The number of aliphatic hydroxyl groups is 1. The van der Waals surface area contributed by atoms with Crippen molar-refractivity contribution in [2.45, 2.75) is 31.8 Å². The highest BCUT2D eigenvalue weighted by atomic mass is 35.5. The summed E-state index contributed by atoms with van der Waals surface area (Å²) >= 11 is 6.09. The molecule has 0 aromatic heterocycles. The first-order valence-corrected chi connectivity index (χ1v) is 8.97. The number of ether oxygens (including phenoxy) is 1. The first-order valence-electron chi connectivity index (χ1n) is 8.59.